The Labute approximate surface area is 183 Å². The fourth-order valence-corrected chi connectivity index (χ4v) is 3.91. The van der Waals surface area contributed by atoms with Crippen LogP contribution < -0.4 is 5.32 Å². The molecule has 0 bridgehead atoms. The number of aromatic hydroxyl groups is 1. The lowest BCUT2D eigenvalue weighted by Crippen LogP contribution is -2.22. The molecule has 0 aliphatic carbocycles. The highest BCUT2D eigenvalue weighted by atomic mass is 16.3. The number of benzene rings is 2. The maximum atomic E-state index is 10.3. The van der Waals surface area contributed by atoms with Crippen LogP contribution in [0.1, 0.15) is 87.5 Å². The minimum atomic E-state index is -0.516. The van der Waals surface area contributed by atoms with E-state index in [1.807, 2.05) is 19.1 Å². The number of phenolic OH excluding ortho intramolecular Hbond substituents is 1. The maximum absolute atomic E-state index is 10.3. The van der Waals surface area contributed by atoms with Gasteiger partial charge in [-0.25, -0.2) is 0 Å². The van der Waals surface area contributed by atoms with Gasteiger partial charge in [-0.05, 0) is 61.1 Å². The quantitative estimate of drug-likeness (QED) is 0.283. The summed E-state index contributed by atoms with van der Waals surface area (Å²) in [6, 6.07) is 16.2. The van der Waals surface area contributed by atoms with E-state index < -0.39 is 6.10 Å². The smallest absolute Gasteiger partial charge is 0.118 e. The van der Waals surface area contributed by atoms with E-state index in [0.717, 1.165) is 24.1 Å². The van der Waals surface area contributed by atoms with Crippen molar-refractivity contribution in [1.29, 1.82) is 0 Å². The topological polar surface area (TPSA) is 52.5 Å². The normalized spacial score (nSPS) is 12.2. The molecule has 2 aromatic rings. The third-order valence-electron chi connectivity index (χ3n) is 5.87. The Bertz CT molecular complexity index is 687. The lowest BCUT2D eigenvalue weighted by atomic mass is 10.0. The first-order valence-electron chi connectivity index (χ1n) is 11.9. The molecule has 166 valence electrons. The van der Waals surface area contributed by atoms with Crippen molar-refractivity contribution in [3.63, 3.8) is 0 Å². The predicted octanol–water partition coefficient (Wildman–Crippen LogP) is 6.33. The highest BCUT2D eigenvalue weighted by Gasteiger charge is 2.09. The zero-order chi connectivity index (χ0) is 21.4. The van der Waals surface area contributed by atoms with Gasteiger partial charge in [-0.15, -0.1) is 0 Å². The standard InChI is InChI=1S/C27H41NO2/c1-2-24-21-25(18-19-26(24)29)27(30)22-28-20-14-9-7-5-3-4-6-8-11-15-23-16-12-10-13-17-23/h10,12-13,16-19,21,27-30H,2-9,11,14-15,20,22H2,1H3. The molecule has 0 spiro atoms. The van der Waals surface area contributed by atoms with E-state index in [2.05, 4.69) is 35.6 Å². The number of aliphatic hydroxyl groups is 1. The SMILES string of the molecule is CCc1cc(C(O)CNCCCCCCCCCCCc2ccccc2)ccc1O. The second-order valence-electron chi connectivity index (χ2n) is 8.38. The van der Waals surface area contributed by atoms with Gasteiger partial charge in [0, 0.05) is 6.54 Å². The first-order chi connectivity index (χ1) is 14.7. The van der Waals surface area contributed by atoms with Gasteiger partial charge in [0.05, 0.1) is 6.10 Å². The molecule has 3 N–H and O–H groups in total. The summed E-state index contributed by atoms with van der Waals surface area (Å²) in [5.74, 6) is 0.314. The first-order valence-corrected chi connectivity index (χ1v) is 11.9. The molecule has 3 nitrogen and oxygen atoms in total. The molecule has 30 heavy (non-hydrogen) atoms. The van der Waals surface area contributed by atoms with Gasteiger partial charge in [-0.1, -0.05) is 88.3 Å². The van der Waals surface area contributed by atoms with E-state index in [1.54, 1.807) is 6.07 Å². The minimum absolute atomic E-state index is 0.314. The Kier molecular flexibility index (Phi) is 12.2. The first kappa shape index (κ1) is 24.4. The average molecular weight is 412 g/mol. The second kappa shape index (κ2) is 15.0. The Morgan fingerprint density at radius 2 is 1.43 bits per heavy atom. The van der Waals surface area contributed by atoms with Gasteiger partial charge >= 0.3 is 0 Å². The van der Waals surface area contributed by atoms with E-state index in [0.29, 0.717) is 12.3 Å². The predicted molar refractivity (Wildman–Crippen MR) is 127 cm³/mol. The number of hydrogen-bond donors (Lipinski definition) is 3. The number of aryl methyl sites for hydroxylation is 2. The van der Waals surface area contributed by atoms with Crippen LogP contribution in [0.25, 0.3) is 0 Å². The molecule has 2 aromatic carbocycles. The number of nitrogens with one attached hydrogen (secondary N) is 1. The van der Waals surface area contributed by atoms with E-state index in [1.165, 1.54) is 69.8 Å². The molecule has 0 aliphatic heterocycles. The van der Waals surface area contributed by atoms with Crippen LogP contribution in [-0.4, -0.2) is 23.3 Å². The lowest BCUT2D eigenvalue weighted by molar-refractivity contribution is 0.174. The monoisotopic (exact) mass is 411 g/mol. The highest BCUT2D eigenvalue weighted by Crippen LogP contribution is 2.22. The van der Waals surface area contributed by atoms with Gasteiger partial charge in [0.15, 0.2) is 0 Å². The second-order valence-corrected chi connectivity index (χ2v) is 8.38. The molecular formula is C27H41NO2. The van der Waals surface area contributed by atoms with Crippen molar-refractivity contribution >= 4 is 0 Å². The molecule has 0 heterocycles. The van der Waals surface area contributed by atoms with Gasteiger partial charge in [0.2, 0.25) is 0 Å². The lowest BCUT2D eigenvalue weighted by Gasteiger charge is -2.14. The van der Waals surface area contributed by atoms with Crippen LogP contribution in [-0.2, 0) is 12.8 Å². The molecule has 1 unspecified atom stereocenters. The van der Waals surface area contributed by atoms with Crippen LogP contribution >= 0.6 is 0 Å². The summed E-state index contributed by atoms with van der Waals surface area (Å²) in [5, 5.41) is 23.4. The van der Waals surface area contributed by atoms with Crippen molar-refractivity contribution in [3.8, 4) is 5.75 Å². The molecule has 0 saturated carbocycles. The Morgan fingerprint density at radius 3 is 2.10 bits per heavy atom. The Hall–Kier alpha value is -1.84. The molecule has 2 rings (SSSR count). The molecule has 0 aromatic heterocycles. The molecule has 0 fully saturated rings. The van der Waals surface area contributed by atoms with Crippen molar-refractivity contribution in [2.75, 3.05) is 13.1 Å². The van der Waals surface area contributed by atoms with Crippen LogP contribution in [0.3, 0.4) is 0 Å². The largest absolute Gasteiger partial charge is 0.508 e. The molecule has 0 amide bonds. The molecule has 0 radical (unpaired) electrons. The third-order valence-corrected chi connectivity index (χ3v) is 5.87. The van der Waals surface area contributed by atoms with Gasteiger partial charge in [0.1, 0.15) is 5.75 Å². The number of rotatable bonds is 16. The van der Waals surface area contributed by atoms with Crippen molar-refractivity contribution in [1.82, 2.24) is 5.32 Å². The summed E-state index contributed by atoms with van der Waals surface area (Å²) in [6.07, 6.45) is 13.3. The van der Waals surface area contributed by atoms with E-state index >= 15 is 0 Å². The van der Waals surface area contributed by atoms with E-state index in [-0.39, 0.29) is 0 Å². The number of aliphatic hydroxyl groups excluding tert-OH is 1. The van der Waals surface area contributed by atoms with Gasteiger partial charge in [-0.2, -0.15) is 0 Å². The Morgan fingerprint density at radius 1 is 0.800 bits per heavy atom. The number of hydrogen-bond acceptors (Lipinski definition) is 3. The zero-order valence-corrected chi connectivity index (χ0v) is 18.8. The number of unbranched alkanes of at least 4 members (excludes halogenated alkanes) is 8. The number of phenols is 1. The summed E-state index contributed by atoms with van der Waals surface area (Å²) in [7, 11) is 0. The molecular weight excluding hydrogens is 370 g/mol. The van der Waals surface area contributed by atoms with Crippen LogP contribution in [0, 0.1) is 0 Å². The van der Waals surface area contributed by atoms with E-state index in [9.17, 15) is 10.2 Å². The summed E-state index contributed by atoms with van der Waals surface area (Å²) in [5.41, 5.74) is 3.23. The van der Waals surface area contributed by atoms with Crippen molar-refractivity contribution in [2.45, 2.75) is 83.7 Å². The van der Waals surface area contributed by atoms with Crippen LogP contribution in [0.15, 0.2) is 48.5 Å². The van der Waals surface area contributed by atoms with Gasteiger partial charge in [0.25, 0.3) is 0 Å². The van der Waals surface area contributed by atoms with Crippen molar-refractivity contribution < 1.29 is 10.2 Å². The fraction of sp³-hybridized carbons (Fsp3) is 0.556. The summed E-state index contributed by atoms with van der Waals surface area (Å²) < 4.78 is 0. The zero-order valence-electron chi connectivity index (χ0n) is 18.8. The van der Waals surface area contributed by atoms with Gasteiger partial charge in [-0.3, -0.25) is 0 Å². The van der Waals surface area contributed by atoms with E-state index in [4.69, 9.17) is 0 Å². The Balaban J connectivity index is 1.39. The maximum Gasteiger partial charge on any atom is 0.118 e. The summed E-state index contributed by atoms with van der Waals surface area (Å²) in [4.78, 5) is 0. The van der Waals surface area contributed by atoms with Gasteiger partial charge < -0.3 is 15.5 Å². The molecule has 0 aliphatic rings. The highest BCUT2D eigenvalue weighted by molar-refractivity contribution is 5.37. The van der Waals surface area contributed by atoms with Crippen molar-refractivity contribution in [3.05, 3.63) is 65.2 Å². The molecule has 1 atom stereocenters. The van der Waals surface area contributed by atoms with Crippen LogP contribution in [0.5, 0.6) is 5.75 Å². The van der Waals surface area contributed by atoms with Crippen LogP contribution in [0.4, 0.5) is 0 Å². The van der Waals surface area contributed by atoms with Crippen LogP contribution in [0.2, 0.25) is 0 Å². The average Bonchev–Trinajstić information content (AvgIpc) is 2.77. The molecule has 3 heteroatoms. The third kappa shape index (κ3) is 9.77. The molecule has 0 saturated heterocycles. The summed E-state index contributed by atoms with van der Waals surface area (Å²) >= 11 is 0. The summed E-state index contributed by atoms with van der Waals surface area (Å²) in [6.45, 7) is 3.53. The fourth-order valence-electron chi connectivity index (χ4n) is 3.91. The minimum Gasteiger partial charge on any atom is -0.508 e. The van der Waals surface area contributed by atoms with Crippen molar-refractivity contribution in [2.24, 2.45) is 0 Å².